The van der Waals surface area contributed by atoms with Crippen molar-refractivity contribution >= 4 is 44.8 Å². The summed E-state index contributed by atoms with van der Waals surface area (Å²) >= 11 is 5.25. The summed E-state index contributed by atoms with van der Waals surface area (Å²) < 4.78 is 43.7. The monoisotopic (exact) mass is 545 g/mol. The molecule has 2 aromatic carbocycles. The lowest BCUT2D eigenvalue weighted by atomic mass is 10.2. The lowest BCUT2D eigenvalue weighted by molar-refractivity contribution is 0.0973. The molecule has 3 aromatic rings. The Labute approximate surface area is 220 Å². The minimum Gasteiger partial charge on any atom is -0.492 e. The molecule has 0 aliphatic carbocycles. The summed E-state index contributed by atoms with van der Waals surface area (Å²) in [4.78, 5) is 20.6. The number of para-hydroxylation sites is 1. The van der Waals surface area contributed by atoms with Crippen LogP contribution in [0.5, 0.6) is 17.6 Å². The summed E-state index contributed by atoms with van der Waals surface area (Å²) in [5, 5.41) is 5.50. The Hall–Kier alpha value is -3.97. The maximum Gasteiger partial charge on any atom is 0.321 e. The van der Waals surface area contributed by atoms with Crippen molar-refractivity contribution in [3.63, 3.8) is 0 Å². The number of rotatable bonds is 10. The number of carbonyl (C=O) groups excluding carboxylic acids is 1. The molecule has 0 atom stereocenters. The first kappa shape index (κ1) is 27.6. The van der Waals surface area contributed by atoms with Gasteiger partial charge in [-0.15, -0.1) is 0 Å². The fourth-order valence-corrected chi connectivity index (χ4v) is 4.14. The van der Waals surface area contributed by atoms with E-state index in [0.717, 1.165) is 0 Å². The van der Waals surface area contributed by atoms with E-state index in [0.29, 0.717) is 29.5 Å². The van der Waals surface area contributed by atoms with Crippen LogP contribution in [0.3, 0.4) is 0 Å². The number of hydrogen-bond acceptors (Lipinski definition) is 9. The molecule has 0 aliphatic rings. The van der Waals surface area contributed by atoms with Crippen molar-refractivity contribution in [2.24, 2.45) is 5.92 Å². The zero-order chi connectivity index (χ0) is 27.0. The number of sulfonamides is 1. The van der Waals surface area contributed by atoms with Gasteiger partial charge in [0, 0.05) is 11.8 Å². The van der Waals surface area contributed by atoms with Crippen molar-refractivity contribution in [1.82, 2.24) is 15.3 Å². The lowest BCUT2D eigenvalue weighted by Gasteiger charge is -2.14. The smallest absolute Gasteiger partial charge is 0.321 e. The van der Waals surface area contributed by atoms with Crippen molar-refractivity contribution in [3.05, 3.63) is 60.2 Å². The Morgan fingerprint density at radius 2 is 1.73 bits per heavy atom. The molecule has 37 heavy (non-hydrogen) atoms. The Bertz CT molecular complexity index is 1340. The molecule has 13 heteroatoms. The molecule has 11 nitrogen and oxygen atoms in total. The van der Waals surface area contributed by atoms with Gasteiger partial charge in [-0.3, -0.25) is 14.8 Å². The van der Waals surface area contributed by atoms with Gasteiger partial charge in [-0.25, -0.2) is 8.42 Å². The number of thiocarbonyl (C=S) groups is 1. The van der Waals surface area contributed by atoms with Crippen LogP contribution in [0.15, 0.2) is 59.5 Å². The predicted octanol–water partition coefficient (Wildman–Crippen LogP) is 3.46. The molecule has 0 bridgehead atoms. The van der Waals surface area contributed by atoms with Crippen molar-refractivity contribution in [3.8, 4) is 17.6 Å². The largest absolute Gasteiger partial charge is 0.492 e. The maximum atomic E-state index is 12.8. The maximum absolute atomic E-state index is 12.8. The highest BCUT2D eigenvalue weighted by Gasteiger charge is 2.18. The van der Waals surface area contributed by atoms with Crippen LogP contribution in [0, 0.1) is 5.92 Å². The van der Waals surface area contributed by atoms with Crippen LogP contribution < -0.4 is 29.6 Å². The Kier molecular flexibility index (Phi) is 9.20. The Morgan fingerprint density at radius 3 is 2.38 bits per heavy atom. The molecule has 1 heterocycles. The molecule has 0 radical (unpaired) electrons. The van der Waals surface area contributed by atoms with Crippen molar-refractivity contribution in [1.29, 1.82) is 0 Å². The van der Waals surface area contributed by atoms with E-state index in [-0.39, 0.29) is 27.7 Å². The van der Waals surface area contributed by atoms with Gasteiger partial charge in [0.25, 0.3) is 15.9 Å². The second-order valence-corrected chi connectivity index (χ2v) is 10.1. The second-order valence-electron chi connectivity index (χ2n) is 8.02. The molecule has 1 aromatic heterocycles. The van der Waals surface area contributed by atoms with Crippen LogP contribution in [-0.2, 0) is 10.0 Å². The van der Waals surface area contributed by atoms with Crippen LogP contribution >= 0.6 is 12.2 Å². The van der Waals surface area contributed by atoms with Crippen LogP contribution in [0.4, 0.5) is 11.5 Å². The minimum absolute atomic E-state index is 0.0209. The van der Waals surface area contributed by atoms with Gasteiger partial charge >= 0.3 is 6.01 Å². The molecule has 0 unspecified atom stereocenters. The minimum atomic E-state index is -3.98. The van der Waals surface area contributed by atoms with Gasteiger partial charge in [-0.2, -0.15) is 9.97 Å². The molecular weight excluding hydrogens is 518 g/mol. The average Bonchev–Trinajstić information content (AvgIpc) is 2.87. The van der Waals surface area contributed by atoms with E-state index in [1.165, 1.54) is 44.6 Å². The van der Waals surface area contributed by atoms with E-state index in [1.54, 1.807) is 24.3 Å². The molecular formula is C24H27N5O6S2. The van der Waals surface area contributed by atoms with Crippen LogP contribution in [0.25, 0.3) is 0 Å². The molecule has 0 spiro atoms. The first-order chi connectivity index (χ1) is 17.6. The van der Waals surface area contributed by atoms with Crippen molar-refractivity contribution in [2.75, 3.05) is 30.9 Å². The quantitative estimate of drug-likeness (QED) is 0.324. The molecule has 0 aliphatic heterocycles. The first-order valence-electron chi connectivity index (χ1n) is 11.1. The van der Waals surface area contributed by atoms with Crippen molar-refractivity contribution in [2.45, 2.75) is 18.7 Å². The van der Waals surface area contributed by atoms with Gasteiger partial charge in [-0.1, -0.05) is 26.0 Å². The van der Waals surface area contributed by atoms with E-state index < -0.39 is 15.9 Å². The summed E-state index contributed by atoms with van der Waals surface area (Å²) in [6.07, 6.45) is 0. The molecule has 0 saturated heterocycles. The number of methoxy groups -OCH3 is 2. The third-order valence-corrected chi connectivity index (χ3v) is 6.24. The second kappa shape index (κ2) is 12.3. The molecule has 3 N–H and O–H groups in total. The fourth-order valence-electron chi connectivity index (χ4n) is 2.94. The SMILES string of the molecule is COc1cc(NS(=O)(=O)c2ccc(NC(=S)NC(=O)c3ccccc3OCC(C)C)cc2)nc(OC)n1. The number of nitrogens with zero attached hydrogens (tertiary/aromatic N) is 2. The number of hydrogen-bond donors (Lipinski definition) is 3. The summed E-state index contributed by atoms with van der Waals surface area (Å²) in [5.41, 5.74) is 0.816. The summed E-state index contributed by atoms with van der Waals surface area (Å²) in [6.45, 7) is 4.49. The number of nitrogens with one attached hydrogen (secondary N) is 3. The van der Waals surface area contributed by atoms with Gasteiger partial charge in [0.15, 0.2) is 10.9 Å². The summed E-state index contributed by atoms with van der Waals surface area (Å²) in [7, 11) is -1.24. The molecule has 196 valence electrons. The zero-order valence-corrected chi connectivity index (χ0v) is 22.3. The van der Waals surface area contributed by atoms with Crippen LogP contribution in [-0.4, -0.2) is 50.2 Å². The summed E-state index contributed by atoms with van der Waals surface area (Å²) in [6, 6.07) is 13.9. The van der Waals surface area contributed by atoms with Gasteiger partial charge in [0.1, 0.15) is 5.75 Å². The van der Waals surface area contributed by atoms with Crippen LogP contribution in [0.1, 0.15) is 24.2 Å². The normalized spacial score (nSPS) is 10.9. The number of ether oxygens (including phenoxy) is 3. The molecule has 0 saturated carbocycles. The Morgan fingerprint density at radius 1 is 1.03 bits per heavy atom. The number of amides is 1. The third-order valence-electron chi connectivity index (χ3n) is 4.67. The van der Waals surface area contributed by atoms with E-state index in [4.69, 9.17) is 26.4 Å². The average molecular weight is 546 g/mol. The number of aromatic nitrogens is 2. The van der Waals surface area contributed by atoms with E-state index >= 15 is 0 Å². The van der Waals surface area contributed by atoms with E-state index in [1.807, 2.05) is 13.8 Å². The summed E-state index contributed by atoms with van der Waals surface area (Å²) in [5.74, 6) is 0.433. The van der Waals surface area contributed by atoms with E-state index in [2.05, 4.69) is 25.3 Å². The molecule has 1 amide bonds. The standard InChI is InChI=1S/C24H27N5O6S2/c1-15(2)14-35-19-8-6-5-7-18(19)22(30)28-24(36)25-16-9-11-17(12-10-16)37(31,32)29-20-13-21(33-3)27-23(26-20)34-4/h5-13,15H,14H2,1-4H3,(H,26,27,29)(H2,25,28,30,36). The predicted molar refractivity (Wildman–Crippen MR) is 143 cm³/mol. The lowest BCUT2D eigenvalue weighted by Crippen LogP contribution is -2.34. The van der Waals surface area contributed by atoms with Crippen LogP contribution in [0.2, 0.25) is 0 Å². The van der Waals surface area contributed by atoms with Crippen molar-refractivity contribution < 1.29 is 27.4 Å². The van der Waals surface area contributed by atoms with Gasteiger partial charge in [-0.05, 0) is 54.5 Å². The van der Waals surface area contributed by atoms with E-state index in [9.17, 15) is 13.2 Å². The number of carbonyl (C=O) groups is 1. The molecule has 3 rings (SSSR count). The first-order valence-corrected chi connectivity index (χ1v) is 12.9. The highest BCUT2D eigenvalue weighted by Crippen LogP contribution is 2.22. The highest BCUT2D eigenvalue weighted by molar-refractivity contribution is 7.92. The fraction of sp³-hybridized carbons (Fsp3) is 0.250. The topological polar surface area (TPSA) is 141 Å². The Balaban J connectivity index is 1.65. The van der Waals surface area contributed by atoms with Gasteiger partial charge in [0.2, 0.25) is 5.88 Å². The number of benzene rings is 2. The number of anilines is 2. The third kappa shape index (κ3) is 7.75. The molecule has 0 fully saturated rings. The zero-order valence-electron chi connectivity index (χ0n) is 20.6. The van der Waals surface area contributed by atoms with Gasteiger partial charge < -0.3 is 19.5 Å². The highest BCUT2D eigenvalue weighted by atomic mass is 32.2. The van der Waals surface area contributed by atoms with Gasteiger partial charge in [0.05, 0.1) is 31.3 Å².